The summed E-state index contributed by atoms with van der Waals surface area (Å²) in [5.41, 5.74) is -0.289. The lowest BCUT2D eigenvalue weighted by molar-refractivity contribution is -0.121. The molecule has 0 saturated carbocycles. The molecule has 0 spiro atoms. The maximum absolute atomic E-state index is 11.7. The first-order valence-corrected chi connectivity index (χ1v) is 4.72. The number of nitrogens with zero attached hydrogens (tertiary/aromatic N) is 1. The van der Waals surface area contributed by atoms with Crippen molar-refractivity contribution in [3.63, 3.8) is 0 Å². The first-order chi connectivity index (χ1) is 7.19. The lowest BCUT2D eigenvalue weighted by atomic mass is 10.4. The van der Waals surface area contributed by atoms with Gasteiger partial charge in [0.1, 0.15) is 6.54 Å². The van der Waals surface area contributed by atoms with Gasteiger partial charge < -0.3 is 14.6 Å². The molecule has 0 saturated heterocycles. The molecule has 0 aliphatic rings. The second-order valence-electron chi connectivity index (χ2n) is 2.91. The van der Waals surface area contributed by atoms with Crippen molar-refractivity contribution in [1.82, 2.24) is 9.88 Å². The van der Waals surface area contributed by atoms with Crippen molar-refractivity contribution >= 4 is 5.91 Å². The van der Waals surface area contributed by atoms with Gasteiger partial charge in [0.05, 0.1) is 6.61 Å². The molecule has 0 bridgehead atoms. The minimum atomic E-state index is -0.289. The van der Waals surface area contributed by atoms with E-state index in [2.05, 4.69) is 5.32 Å². The van der Waals surface area contributed by atoms with Crippen LogP contribution in [0.4, 0.5) is 0 Å². The number of carbonyl (C=O) groups is 1. The largest absolute Gasteiger partial charge is 0.488 e. The molecule has 5 nitrogen and oxygen atoms in total. The molecule has 5 heteroatoms. The van der Waals surface area contributed by atoms with Gasteiger partial charge >= 0.3 is 0 Å². The molecule has 1 heterocycles. The Morgan fingerprint density at radius 2 is 2.33 bits per heavy atom. The summed E-state index contributed by atoms with van der Waals surface area (Å²) in [7, 11) is 1.53. The average molecular weight is 210 g/mol. The third-order valence-electron chi connectivity index (χ3n) is 1.88. The number of likely N-dealkylation sites (N-methyl/N-ethyl adjacent to an activating group) is 1. The molecule has 82 valence electrons. The Hall–Kier alpha value is -1.78. The Labute approximate surface area is 87.7 Å². The van der Waals surface area contributed by atoms with Gasteiger partial charge in [-0.2, -0.15) is 0 Å². The lowest BCUT2D eigenvalue weighted by Gasteiger charge is -2.07. The smallest absolute Gasteiger partial charge is 0.293 e. The number of rotatable bonds is 4. The highest BCUT2D eigenvalue weighted by molar-refractivity contribution is 5.75. The summed E-state index contributed by atoms with van der Waals surface area (Å²) in [6.07, 6.45) is 1.56. The van der Waals surface area contributed by atoms with Crippen molar-refractivity contribution in [2.75, 3.05) is 13.7 Å². The topological polar surface area (TPSA) is 60.3 Å². The Balaban J connectivity index is 2.94. The van der Waals surface area contributed by atoms with Gasteiger partial charge in [-0.1, -0.05) is 0 Å². The SMILES string of the molecule is CCOc1cccn(CC(=O)NC)c1=O. The van der Waals surface area contributed by atoms with Crippen molar-refractivity contribution in [1.29, 1.82) is 0 Å². The van der Waals surface area contributed by atoms with Crippen molar-refractivity contribution < 1.29 is 9.53 Å². The van der Waals surface area contributed by atoms with Gasteiger partial charge in [-0.05, 0) is 19.1 Å². The molecule has 15 heavy (non-hydrogen) atoms. The van der Waals surface area contributed by atoms with Crippen LogP contribution in [-0.4, -0.2) is 24.1 Å². The van der Waals surface area contributed by atoms with Gasteiger partial charge in [-0.15, -0.1) is 0 Å². The molecular weight excluding hydrogens is 196 g/mol. The minimum Gasteiger partial charge on any atom is -0.488 e. The number of pyridine rings is 1. The van der Waals surface area contributed by atoms with E-state index >= 15 is 0 Å². The molecule has 1 N–H and O–H groups in total. The summed E-state index contributed by atoms with van der Waals surface area (Å²) >= 11 is 0. The Morgan fingerprint density at radius 1 is 1.60 bits per heavy atom. The predicted octanol–water partition coefficient (Wildman–Crippen LogP) is -0.00700. The van der Waals surface area contributed by atoms with Crippen LogP contribution in [0.15, 0.2) is 23.1 Å². The highest BCUT2D eigenvalue weighted by Crippen LogP contribution is 2.01. The molecule has 0 aromatic carbocycles. The van der Waals surface area contributed by atoms with Crippen LogP contribution in [0, 0.1) is 0 Å². The molecule has 0 fully saturated rings. The predicted molar refractivity (Wildman–Crippen MR) is 55.9 cm³/mol. The highest BCUT2D eigenvalue weighted by Gasteiger charge is 2.06. The van der Waals surface area contributed by atoms with Crippen molar-refractivity contribution in [3.05, 3.63) is 28.7 Å². The number of amides is 1. The number of ether oxygens (including phenoxy) is 1. The molecule has 0 atom stereocenters. The fourth-order valence-corrected chi connectivity index (χ4v) is 1.14. The molecule has 0 unspecified atom stereocenters. The second kappa shape index (κ2) is 5.19. The molecule has 1 aromatic rings. The van der Waals surface area contributed by atoms with Gasteiger partial charge in [-0.25, -0.2) is 0 Å². The summed E-state index contributed by atoms with van der Waals surface area (Å²) in [5, 5.41) is 2.45. The molecule has 1 rings (SSSR count). The number of hydrogen-bond acceptors (Lipinski definition) is 3. The van der Waals surface area contributed by atoms with Gasteiger partial charge in [-0.3, -0.25) is 9.59 Å². The van der Waals surface area contributed by atoms with Gasteiger partial charge in [0.15, 0.2) is 5.75 Å². The summed E-state index contributed by atoms with van der Waals surface area (Å²) in [5.74, 6) is 0.0506. The molecule has 0 aliphatic carbocycles. The molecule has 1 amide bonds. The van der Waals surface area contributed by atoms with E-state index in [0.717, 1.165) is 0 Å². The van der Waals surface area contributed by atoms with E-state index in [-0.39, 0.29) is 23.8 Å². The standard InChI is InChI=1S/C10H14N2O3/c1-3-15-8-5-4-6-12(10(8)14)7-9(13)11-2/h4-6H,3,7H2,1-2H3,(H,11,13). The van der Waals surface area contributed by atoms with E-state index in [9.17, 15) is 9.59 Å². The first-order valence-electron chi connectivity index (χ1n) is 4.72. The summed E-state index contributed by atoms with van der Waals surface area (Å²) < 4.78 is 6.44. The van der Waals surface area contributed by atoms with Crippen LogP contribution in [0.1, 0.15) is 6.92 Å². The molecule has 1 aromatic heterocycles. The van der Waals surface area contributed by atoms with E-state index in [4.69, 9.17) is 4.74 Å². The van der Waals surface area contributed by atoms with Crippen LogP contribution < -0.4 is 15.6 Å². The number of carbonyl (C=O) groups excluding carboxylic acids is 1. The minimum absolute atomic E-state index is 0.0102. The Kier molecular flexibility index (Phi) is 3.91. The van der Waals surface area contributed by atoms with Gasteiger partial charge in [0, 0.05) is 13.2 Å². The van der Waals surface area contributed by atoms with E-state index in [0.29, 0.717) is 6.61 Å². The van der Waals surface area contributed by atoms with E-state index < -0.39 is 0 Å². The van der Waals surface area contributed by atoms with Gasteiger partial charge in [0.2, 0.25) is 5.91 Å². The fraction of sp³-hybridized carbons (Fsp3) is 0.400. The van der Waals surface area contributed by atoms with Crippen LogP contribution in [0.5, 0.6) is 5.75 Å². The third kappa shape index (κ3) is 2.83. The molecule has 0 aliphatic heterocycles. The Bertz CT molecular complexity index is 398. The summed E-state index contributed by atoms with van der Waals surface area (Å²) in [4.78, 5) is 22.8. The zero-order chi connectivity index (χ0) is 11.3. The number of hydrogen-bond donors (Lipinski definition) is 1. The van der Waals surface area contributed by atoms with Crippen LogP contribution in [-0.2, 0) is 11.3 Å². The van der Waals surface area contributed by atoms with Crippen molar-refractivity contribution in [3.8, 4) is 5.75 Å². The number of nitrogens with one attached hydrogen (secondary N) is 1. The van der Waals surface area contributed by atoms with Crippen molar-refractivity contribution in [2.24, 2.45) is 0 Å². The first kappa shape index (κ1) is 11.3. The summed E-state index contributed by atoms with van der Waals surface area (Å²) in [6, 6.07) is 3.27. The maximum Gasteiger partial charge on any atom is 0.293 e. The zero-order valence-corrected chi connectivity index (χ0v) is 8.82. The Morgan fingerprint density at radius 3 is 2.93 bits per heavy atom. The van der Waals surface area contributed by atoms with Crippen LogP contribution in [0.25, 0.3) is 0 Å². The molecular formula is C10H14N2O3. The lowest BCUT2D eigenvalue weighted by Crippen LogP contribution is -2.30. The van der Waals surface area contributed by atoms with Crippen LogP contribution >= 0.6 is 0 Å². The zero-order valence-electron chi connectivity index (χ0n) is 8.82. The van der Waals surface area contributed by atoms with E-state index in [1.807, 2.05) is 0 Å². The average Bonchev–Trinajstić information content (AvgIpc) is 2.24. The van der Waals surface area contributed by atoms with Crippen LogP contribution in [0.2, 0.25) is 0 Å². The molecule has 0 radical (unpaired) electrons. The normalized spacial score (nSPS) is 9.73. The number of aromatic nitrogens is 1. The van der Waals surface area contributed by atoms with Crippen molar-refractivity contribution in [2.45, 2.75) is 13.5 Å². The fourth-order valence-electron chi connectivity index (χ4n) is 1.14. The van der Waals surface area contributed by atoms with Gasteiger partial charge in [0.25, 0.3) is 5.56 Å². The van der Waals surface area contributed by atoms with Crippen LogP contribution in [0.3, 0.4) is 0 Å². The monoisotopic (exact) mass is 210 g/mol. The third-order valence-corrected chi connectivity index (χ3v) is 1.88. The highest BCUT2D eigenvalue weighted by atomic mass is 16.5. The van der Waals surface area contributed by atoms with E-state index in [1.165, 1.54) is 11.6 Å². The second-order valence-corrected chi connectivity index (χ2v) is 2.91. The summed E-state index contributed by atoms with van der Waals surface area (Å²) in [6.45, 7) is 2.24. The van der Waals surface area contributed by atoms with E-state index in [1.54, 1.807) is 25.3 Å². The quantitative estimate of drug-likeness (QED) is 0.760. The maximum atomic E-state index is 11.7.